The number of para-hydroxylation sites is 1. The summed E-state index contributed by atoms with van der Waals surface area (Å²) in [5, 5.41) is 13.2. The van der Waals surface area contributed by atoms with Gasteiger partial charge in [0.1, 0.15) is 0 Å². The van der Waals surface area contributed by atoms with E-state index in [2.05, 4.69) is 5.32 Å². The van der Waals surface area contributed by atoms with Gasteiger partial charge in [0.2, 0.25) is 0 Å². The second-order valence-electron chi connectivity index (χ2n) is 4.73. The van der Waals surface area contributed by atoms with Crippen LogP contribution < -0.4 is 14.8 Å². The van der Waals surface area contributed by atoms with E-state index in [1.807, 2.05) is 18.2 Å². The van der Waals surface area contributed by atoms with Gasteiger partial charge in [0, 0.05) is 11.0 Å². The van der Waals surface area contributed by atoms with Crippen LogP contribution in [0.15, 0.2) is 18.2 Å². The molecule has 0 spiro atoms. The molecule has 1 aromatic carbocycles. The lowest BCUT2D eigenvalue weighted by molar-refractivity contribution is 0.154. The number of ether oxygens (including phenoxy) is 2. The van der Waals surface area contributed by atoms with E-state index in [9.17, 15) is 5.11 Å². The highest BCUT2D eigenvalue weighted by molar-refractivity contribution is 5.50. The maximum Gasteiger partial charge on any atom is 0.164 e. The molecule has 0 unspecified atom stereocenters. The fourth-order valence-corrected chi connectivity index (χ4v) is 2.72. The van der Waals surface area contributed by atoms with Gasteiger partial charge in [-0.25, -0.2) is 0 Å². The van der Waals surface area contributed by atoms with E-state index in [0.717, 1.165) is 43.0 Å². The lowest BCUT2D eigenvalue weighted by Gasteiger charge is -2.37. The molecule has 1 fully saturated rings. The second kappa shape index (κ2) is 5.59. The molecule has 1 heterocycles. The average Bonchev–Trinajstić information content (AvgIpc) is 2.47. The number of aliphatic hydroxyl groups excluding tert-OH is 1. The van der Waals surface area contributed by atoms with Crippen molar-refractivity contribution in [1.29, 1.82) is 0 Å². The first kappa shape index (κ1) is 13.2. The van der Waals surface area contributed by atoms with Gasteiger partial charge < -0.3 is 19.9 Å². The van der Waals surface area contributed by atoms with E-state index in [-0.39, 0.29) is 12.0 Å². The quantitative estimate of drug-likeness (QED) is 0.847. The molecule has 0 amide bonds. The van der Waals surface area contributed by atoms with Crippen LogP contribution in [0.3, 0.4) is 0 Å². The van der Waals surface area contributed by atoms with Gasteiger partial charge in [-0.05, 0) is 32.0 Å². The van der Waals surface area contributed by atoms with Crippen molar-refractivity contribution in [1.82, 2.24) is 5.32 Å². The average molecular weight is 251 g/mol. The second-order valence-corrected chi connectivity index (χ2v) is 4.73. The van der Waals surface area contributed by atoms with Gasteiger partial charge in [0.25, 0.3) is 0 Å². The zero-order valence-electron chi connectivity index (χ0n) is 11.0. The van der Waals surface area contributed by atoms with Crippen LogP contribution in [0.25, 0.3) is 0 Å². The summed E-state index contributed by atoms with van der Waals surface area (Å²) in [6.07, 6.45) is 1.82. The number of aliphatic hydroxyl groups is 1. The van der Waals surface area contributed by atoms with Crippen LogP contribution in [0.2, 0.25) is 0 Å². The largest absolute Gasteiger partial charge is 0.493 e. The number of hydrogen-bond acceptors (Lipinski definition) is 4. The third kappa shape index (κ3) is 2.18. The number of benzene rings is 1. The summed E-state index contributed by atoms with van der Waals surface area (Å²) in [4.78, 5) is 0. The molecule has 0 bridgehead atoms. The van der Waals surface area contributed by atoms with Crippen molar-refractivity contribution in [2.45, 2.75) is 18.3 Å². The molecular formula is C14H21NO3. The van der Waals surface area contributed by atoms with Crippen LogP contribution >= 0.6 is 0 Å². The molecule has 100 valence electrons. The molecule has 1 aromatic rings. The SMILES string of the molecule is COc1cccc(C2(CO)CCNCC2)c1OC. The van der Waals surface area contributed by atoms with E-state index >= 15 is 0 Å². The van der Waals surface area contributed by atoms with Gasteiger partial charge in [0.05, 0.1) is 20.8 Å². The maximum atomic E-state index is 9.85. The highest BCUT2D eigenvalue weighted by atomic mass is 16.5. The molecule has 0 atom stereocenters. The number of rotatable bonds is 4. The molecule has 4 heteroatoms. The summed E-state index contributed by atoms with van der Waals surface area (Å²) in [5.41, 5.74) is 0.832. The Morgan fingerprint density at radius 2 is 1.94 bits per heavy atom. The zero-order chi connectivity index (χ0) is 13.0. The predicted octanol–water partition coefficient (Wildman–Crippen LogP) is 1.32. The topological polar surface area (TPSA) is 50.7 Å². The summed E-state index contributed by atoms with van der Waals surface area (Å²) in [7, 11) is 3.28. The summed E-state index contributed by atoms with van der Waals surface area (Å²) in [6, 6.07) is 5.87. The van der Waals surface area contributed by atoms with E-state index < -0.39 is 0 Å². The highest BCUT2D eigenvalue weighted by Gasteiger charge is 2.36. The maximum absolute atomic E-state index is 9.85. The van der Waals surface area contributed by atoms with Gasteiger partial charge in [-0.2, -0.15) is 0 Å². The predicted molar refractivity (Wildman–Crippen MR) is 70.4 cm³/mol. The van der Waals surface area contributed by atoms with Gasteiger partial charge in [-0.1, -0.05) is 12.1 Å². The monoisotopic (exact) mass is 251 g/mol. The van der Waals surface area contributed by atoms with E-state index in [0.29, 0.717) is 0 Å². The van der Waals surface area contributed by atoms with E-state index in [1.54, 1.807) is 14.2 Å². The minimum atomic E-state index is -0.217. The molecular weight excluding hydrogens is 230 g/mol. The van der Waals surface area contributed by atoms with Gasteiger partial charge in [0.15, 0.2) is 11.5 Å². The first-order chi connectivity index (χ1) is 8.77. The minimum absolute atomic E-state index is 0.137. The van der Waals surface area contributed by atoms with E-state index in [4.69, 9.17) is 9.47 Å². The van der Waals surface area contributed by atoms with Crippen molar-refractivity contribution >= 4 is 0 Å². The lowest BCUT2D eigenvalue weighted by Crippen LogP contribution is -2.42. The van der Waals surface area contributed by atoms with Crippen LogP contribution in [-0.4, -0.2) is 39.0 Å². The highest BCUT2D eigenvalue weighted by Crippen LogP contribution is 2.42. The van der Waals surface area contributed by atoms with Gasteiger partial charge in [-0.3, -0.25) is 0 Å². The fraction of sp³-hybridized carbons (Fsp3) is 0.571. The zero-order valence-corrected chi connectivity index (χ0v) is 11.0. The smallest absolute Gasteiger partial charge is 0.164 e. The number of nitrogens with one attached hydrogen (secondary N) is 1. The van der Waals surface area contributed by atoms with Crippen LogP contribution in [0.4, 0.5) is 0 Å². The van der Waals surface area contributed by atoms with Crippen molar-refractivity contribution in [2.24, 2.45) is 0 Å². The number of hydrogen-bond donors (Lipinski definition) is 2. The van der Waals surface area contributed by atoms with E-state index in [1.165, 1.54) is 0 Å². The Morgan fingerprint density at radius 3 is 2.50 bits per heavy atom. The molecule has 2 rings (SSSR count). The van der Waals surface area contributed by atoms with Crippen molar-refractivity contribution in [3.05, 3.63) is 23.8 Å². The van der Waals surface area contributed by atoms with Crippen LogP contribution in [0.1, 0.15) is 18.4 Å². The Morgan fingerprint density at radius 1 is 1.22 bits per heavy atom. The summed E-state index contributed by atoms with van der Waals surface area (Å²) < 4.78 is 10.8. The molecule has 0 saturated carbocycles. The first-order valence-corrected chi connectivity index (χ1v) is 6.30. The molecule has 2 N–H and O–H groups in total. The molecule has 0 aromatic heterocycles. The fourth-order valence-electron chi connectivity index (χ4n) is 2.72. The van der Waals surface area contributed by atoms with Crippen molar-refractivity contribution in [3.63, 3.8) is 0 Å². The standard InChI is InChI=1S/C14H21NO3/c1-17-12-5-3-4-11(13(12)18-2)14(10-16)6-8-15-9-7-14/h3-5,15-16H,6-10H2,1-2H3. The molecule has 0 aliphatic carbocycles. The first-order valence-electron chi connectivity index (χ1n) is 6.30. The van der Waals surface area contributed by atoms with Gasteiger partial charge >= 0.3 is 0 Å². The molecule has 1 saturated heterocycles. The summed E-state index contributed by atoms with van der Waals surface area (Å²) in [5.74, 6) is 1.47. The van der Waals surface area contributed by atoms with Crippen molar-refractivity contribution in [2.75, 3.05) is 33.9 Å². The van der Waals surface area contributed by atoms with Gasteiger partial charge in [-0.15, -0.1) is 0 Å². The van der Waals surface area contributed by atoms with Crippen LogP contribution in [-0.2, 0) is 5.41 Å². The number of methoxy groups -OCH3 is 2. The Hall–Kier alpha value is -1.26. The third-order valence-corrected chi connectivity index (χ3v) is 3.84. The van der Waals surface area contributed by atoms with Crippen molar-refractivity contribution in [3.8, 4) is 11.5 Å². The molecule has 0 radical (unpaired) electrons. The Bertz CT molecular complexity index is 400. The molecule has 18 heavy (non-hydrogen) atoms. The Kier molecular flexibility index (Phi) is 4.09. The van der Waals surface area contributed by atoms with Crippen LogP contribution in [0, 0.1) is 0 Å². The lowest BCUT2D eigenvalue weighted by atomic mass is 9.73. The molecule has 4 nitrogen and oxygen atoms in total. The molecule has 1 aliphatic heterocycles. The summed E-state index contributed by atoms with van der Waals surface area (Å²) >= 11 is 0. The normalized spacial score (nSPS) is 18.4. The van der Waals surface area contributed by atoms with Crippen molar-refractivity contribution < 1.29 is 14.6 Å². The van der Waals surface area contributed by atoms with Crippen LogP contribution in [0.5, 0.6) is 11.5 Å². The minimum Gasteiger partial charge on any atom is -0.493 e. The summed E-state index contributed by atoms with van der Waals surface area (Å²) in [6.45, 7) is 1.97. The Balaban J connectivity index is 2.47. The molecule has 1 aliphatic rings. The third-order valence-electron chi connectivity index (χ3n) is 3.84. The Labute approximate surface area is 108 Å². The number of piperidine rings is 1.